The van der Waals surface area contributed by atoms with Gasteiger partial charge in [0.05, 0.1) is 18.2 Å². The third kappa shape index (κ3) is 5.07. The molecule has 0 aliphatic carbocycles. The first-order chi connectivity index (χ1) is 18.0. The van der Waals surface area contributed by atoms with Crippen LogP contribution < -0.4 is 19.1 Å². The maximum atomic E-state index is 13.4. The van der Waals surface area contributed by atoms with Crippen molar-refractivity contribution in [2.45, 2.75) is 33.7 Å². The zero-order chi connectivity index (χ0) is 25.9. The molecule has 0 radical (unpaired) electrons. The minimum atomic E-state index is -0.0709. The highest BCUT2D eigenvalue weighted by Crippen LogP contribution is 2.44. The van der Waals surface area contributed by atoms with E-state index in [1.54, 1.807) is 7.11 Å². The fourth-order valence-electron chi connectivity index (χ4n) is 5.02. The van der Waals surface area contributed by atoms with Crippen molar-refractivity contribution in [2.24, 2.45) is 0 Å². The lowest BCUT2D eigenvalue weighted by Gasteiger charge is -2.30. The van der Waals surface area contributed by atoms with Crippen molar-refractivity contribution >= 4 is 17.5 Å². The summed E-state index contributed by atoms with van der Waals surface area (Å²) in [6, 6.07) is 18.4. The number of hydrogen-bond donors (Lipinski definition) is 0. The topological polar surface area (TPSA) is 51.2 Å². The maximum Gasteiger partial charge on any atom is 0.232 e. The minimum absolute atomic E-state index is 0.0709. The molecule has 2 aliphatic rings. The van der Waals surface area contributed by atoms with Crippen LogP contribution in [-0.2, 0) is 13.0 Å². The second-order valence-corrected chi connectivity index (χ2v) is 9.50. The summed E-state index contributed by atoms with van der Waals surface area (Å²) in [5.41, 5.74) is 5.82. The second-order valence-electron chi connectivity index (χ2n) is 9.50. The molecule has 0 unspecified atom stereocenters. The maximum absolute atomic E-state index is 13.4. The quantitative estimate of drug-likeness (QED) is 0.363. The first kappa shape index (κ1) is 24.9. The molecule has 0 aromatic heterocycles. The van der Waals surface area contributed by atoms with Crippen molar-refractivity contribution in [2.75, 3.05) is 38.4 Å². The number of benzene rings is 3. The van der Waals surface area contributed by atoms with Gasteiger partial charge < -0.3 is 19.1 Å². The van der Waals surface area contributed by atoms with E-state index in [-0.39, 0.29) is 5.78 Å². The Hall–Kier alpha value is -3.77. The molecule has 0 N–H and O–H groups in total. The van der Waals surface area contributed by atoms with E-state index in [9.17, 15) is 4.79 Å². The number of carbonyl (C=O) groups excluding carboxylic acids is 1. The van der Waals surface area contributed by atoms with Gasteiger partial charge in [-0.05, 0) is 80.3 Å². The Balaban J connectivity index is 1.34. The Kier molecular flexibility index (Phi) is 7.19. The summed E-state index contributed by atoms with van der Waals surface area (Å²) in [6.45, 7) is 10.2. The fraction of sp³-hybridized carbons (Fsp3) is 0.323. The summed E-state index contributed by atoms with van der Waals surface area (Å²) in [5, 5.41) is 0. The molecule has 37 heavy (non-hydrogen) atoms. The molecule has 3 aromatic rings. The van der Waals surface area contributed by atoms with Crippen LogP contribution in [0.4, 0.5) is 5.69 Å². The number of Topliss-reactive ketones (excluding diaryl/α,β-unsaturated/α-hetero) is 1. The summed E-state index contributed by atoms with van der Waals surface area (Å²) in [6.07, 6.45) is 2.73. The van der Waals surface area contributed by atoms with Crippen molar-refractivity contribution in [3.63, 3.8) is 0 Å². The number of carbonyl (C=O) groups is 1. The average Bonchev–Trinajstić information content (AvgIpc) is 3.26. The number of hydrogen-bond acceptors (Lipinski definition) is 6. The SMILES string of the molecule is CCN(CC)c1ccc(/C=C2/Oc3c4c(cc(C)c3C2=O)OCN(CCc2ccc(OC)cc2)C4)cc1. The van der Waals surface area contributed by atoms with Gasteiger partial charge in [0.25, 0.3) is 0 Å². The number of aryl methyl sites for hydroxylation is 1. The standard InChI is InChI=1S/C31H34N2O4/c1-5-33(6-2)24-11-7-23(8-12-24)18-28-30(34)29-21(3)17-27-26(31(29)37-28)19-32(20-36-27)16-15-22-9-13-25(35-4)14-10-22/h7-14,17-18H,5-6,15-16,19-20H2,1-4H3/b28-18+. The largest absolute Gasteiger partial charge is 0.497 e. The molecule has 0 fully saturated rings. The fourth-order valence-corrected chi connectivity index (χ4v) is 5.02. The van der Waals surface area contributed by atoms with Gasteiger partial charge >= 0.3 is 0 Å². The number of rotatable bonds is 8. The normalized spacial score (nSPS) is 15.7. The first-order valence-corrected chi connectivity index (χ1v) is 12.9. The highest BCUT2D eigenvalue weighted by atomic mass is 16.5. The summed E-state index contributed by atoms with van der Waals surface area (Å²) < 4.78 is 17.6. The van der Waals surface area contributed by atoms with E-state index in [1.165, 1.54) is 11.3 Å². The van der Waals surface area contributed by atoms with Gasteiger partial charge in [0.15, 0.2) is 5.76 Å². The molecule has 3 aromatic carbocycles. The number of nitrogens with zero attached hydrogens (tertiary/aromatic N) is 2. The van der Waals surface area contributed by atoms with Gasteiger partial charge in [0.2, 0.25) is 5.78 Å². The lowest BCUT2D eigenvalue weighted by atomic mass is 9.98. The van der Waals surface area contributed by atoms with Gasteiger partial charge in [-0.15, -0.1) is 0 Å². The summed E-state index contributed by atoms with van der Waals surface area (Å²) in [4.78, 5) is 17.9. The molecule has 6 nitrogen and oxygen atoms in total. The number of ether oxygens (including phenoxy) is 3. The summed E-state index contributed by atoms with van der Waals surface area (Å²) in [5.74, 6) is 2.58. The predicted octanol–water partition coefficient (Wildman–Crippen LogP) is 5.86. The van der Waals surface area contributed by atoms with Crippen LogP contribution in [0, 0.1) is 6.92 Å². The monoisotopic (exact) mass is 498 g/mol. The van der Waals surface area contributed by atoms with Gasteiger partial charge in [-0.2, -0.15) is 0 Å². The molecule has 192 valence electrons. The van der Waals surface area contributed by atoms with Gasteiger partial charge in [-0.1, -0.05) is 24.3 Å². The highest BCUT2D eigenvalue weighted by Gasteiger charge is 2.35. The molecule has 2 aliphatic heterocycles. The summed E-state index contributed by atoms with van der Waals surface area (Å²) >= 11 is 0. The number of anilines is 1. The summed E-state index contributed by atoms with van der Waals surface area (Å²) in [7, 11) is 1.67. The molecule has 5 rings (SSSR count). The van der Waals surface area contributed by atoms with Crippen LogP contribution in [0.15, 0.2) is 60.4 Å². The van der Waals surface area contributed by atoms with Gasteiger partial charge in [-0.3, -0.25) is 9.69 Å². The van der Waals surface area contributed by atoms with Crippen molar-refractivity contribution in [1.29, 1.82) is 0 Å². The molecule has 0 saturated carbocycles. The van der Waals surface area contributed by atoms with Crippen LogP contribution >= 0.6 is 0 Å². The van der Waals surface area contributed by atoms with Crippen LogP contribution in [0.2, 0.25) is 0 Å². The van der Waals surface area contributed by atoms with Crippen molar-refractivity contribution in [3.05, 3.63) is 88.2 Å². The average molecular weight is 499 g/mol. The third-order valence-corrected chi connectivity index (χ3v) is 7.18. The lowest BCUT2D eigenvalue weighted by Crippen LogP contribution is -2.33. The Bertz CT molecular complexity index is 1310. The third-order valence-electron chi connectivity index (χ3n) is 7.18. The molecule has 0 atom stereocenters. The molecular weight excluding hydrogens is 464 g/mol. The lowest BCUT2D eigenvalue weighted by molar-refractivity contribution is 0.0949. The van der Waals surface area contributed by atoms with E-state index in [0.29, 0.717) is 30.3 Å². The number of methoxy groups -OCH3 is 1. The molecule has 2 heterocycles. The van der Waals surface area contributed by atoms with E-state index in [2.05, 4.69) is 47.9 Å². The van der Waals surface area contributed by atoms with Crippen LogP contribution in [0.5, 0.6) is 17.2 Å². The molecule has 0 spiro atoms. The van der Waals surface area contributed by atoms with E-state index in [1.807, 2.05) is 43.3 Å². The Morgan fingerprint density at radius 3 is 2.46 bits per heavy atom. The van der Waals surface area contributed by atoms with Crippen molar-refractivity contribution < 1.29 is 19.0 Å². The predicted molar refractivity (Wildman–Crippen MR) is 147 cm³/mol. The van der Waals surface area contributed by atoms with E-state index in [4.69, 9.17) is 14.2 Å². The van der Waals surface area contributed by atoms with Crippen molar-refractivity contribution in [1.82, 2.24) is 4.90 Å². The minimum Gasteiger partial charge on any atom is -0.497 e. The Morgan fingerprint density at radius 2 is 1.78 bits per heavy atom. The Morgan fingerprint density at radius 1 is 1.05 bits per heavy atom. The van der Waals surface area contributed by atoms with Crippen LogP contribution in [0.25, 0.3) is 6.08 Å². The van der Waals surface area contributed by atoms with Gasteiger partial charge in [0.1, 0.15) is 24.0 Å². The van der Waals surface area contributed by atoms with E-state index < -0.39 is 0 Å². The molecular formula is C31H34N2O4. The van der Waals surface area contributed by atoms with Gasteiger partial charge in [0, 0.05) is 31.9 Å². The zero-order valence-electron chi connectivity index (χ0n) is 22.0. The van der Waals surface area contributed by atoms with Crippen LogP contribution in [0.3, 0.4) is 0 Å². The molecule has 0 bridgehead atoms. The highest BCUT2D eigenvalue weighted by molar-refractivity contribution is 6.15. The van der Waals surface area contributed by atoms with Gasteiger partial charge in [-0.25, -0.2) is 0 Å². The number of allylic oxidation sites excluding steroid dienone is 1. The Labute approximate surface area is 219 Å². The second kappa shape index (κ2) is 10.7. The van der Waals surface area contributed by atoms with E-state index >= 15 is 0 Å². The zero-order valence-corrected chi connectivity index (χ0v) is 22.0. The van der Waals surface area contributed by atoms with Crippen molar-refractivity contribution in [3.8, 4) is 17.2 Å². The van der Waals surface area contributed by atoms with Crippen LogP contribution in [-0.4, -0.2) is 44.2 Å². The molecule has 6 heteroatoms. The first-order valence-electron chi connectivity index (χ1n) is 12.9. The smallest absolute Gasteiger partial charge is 0.232 e. The number of ketones is 1. The molecule has 0 amide bonds. The number of fused-ring (bicyclic) bond motifs is 3. The van der Waals surface area contributed by atoms with Crippen LogP contribution in [0.1, 0.15) is 46.5 Å². The van der Waals surface area contributed by atoms with E-state index in [0.717, 1.165) is 54.2 Å². The molecule has 0 saturated heterocycles.